The number of carbonyl (C=O) groups excluding carboxylic acids is 1. The van der Waals surface area contributed by atoms with Crippen LogP contribution in [-0.2, 0) is 6.61 Å². The zero-order valence-corrected chi connectivity index (χ0v) is 16.1. The Morgan fingerprint density at radius 2 is 2.00 bits per heavy atom. The molecule has 1 N–H and O–H groups in total. The molecule has 0 aliphatic rings. The van der Waals surface area contributed by atoms with E-state index in [0.29, 0.717) is 39.1 Å². The van der Waals surface area contributed by atoms with E-state index in [1.807, 2.05) is 0 Å². The fraction of sp³-hybridized carbons (Fsp3) is 0.0952. The summed E-state index contributed by atoms with van der Waals surface area (Å²) < 4.78 is 12.2. The second kappa shape index (κ2) is 7.81. The minimum atomic E-state index is -0.329. The van der Waals surface area contributed by atoms with Gasteiger partial charge in [-0.25, -0.2) is 4.98 Å². The van der Waals surface area contributed by atoms with E-state index >= 15 is 0 Å². The number of benzene rings is 2. The van der Waals surface area contributed by atoms with Crippen molar-refractivity contribution in [1.82, 2.24) is 9.56 Å². The topological polar surface area (TPSA) is 85.8 Å². The Bertz CT molecular complexity index is 1260. The van der Waals surface area contributed by atoms with Gasteiger partial charge < -0.3 is 14.6 Å². The van der Waals surface area contributed by atoms with Crippen LogP contribution in [0, 0.1) is 6.92 Å². The molecule has 0 spiro atoms. The van der Waals surface area contributed by atoms with Gasteiger partial charge in [-0.1, -0.05) is 29.8 Å². The summed E-state index contributed by atoms with van der Waals surface area (Å²) in [6.07, 6.45) is 0. The van der Waals surface area contributed by atoms with Crippen LogP contribution in [-0.4, -0.2) is 15.5 Å². The van der Waals surface area contributed by atoms with Crippen molar-refractivity contribution in [2.75, 3.05) is 5.32 Å². The third-order valence-corrected chi connectivity index (χ3v) is 4.36. The number of amides is 1. The lowest BCUT2D eigenvalue weighted by molar-refractivity contribution is 0.102. The number of anilines is 1. The van der Waals surface area contributed by atoms with Gasteiger partial charge in [0.15, 0.2) is 5.65 Å². The normalized spacial score (nSPS) is 10.8. The molecule has 2 aromatic heterocycles. The third-order valence-electron chi connectivity index (χ3n) is 4.12. The Morgan fingerprint density at radius 3 is 2.83 bits per heavy atom. The van der Waals surface area contributed by atoms with Crippen LogP contribution in [0.25, 0.3) is 5.65 Å². The van der Waals surface area contributed by atoms with Crippen molar-refractivity contribution in [3.05, 3.63) is 93.1 Å². The zero-order valence-electron chi connectivity index (χ0n) is 15.4. The molecule has 0 saturated carbocycles. The number of nitrogens with one attached hydrogen (secondary N) is 1. The average molecular weight is 410 g/mol. The molecule has 0 aliphatic heterocycles. The molecule has 8 heteroatoms. The van der Waals surface area contributed by atoms with Gasteiger partial charge in [-0.3, -0.25) is 9.59 Å². The highest BCUT2D eigenvalue weighted by atomic mass is 35.5. The number of aromatic nitrogens is 2. The molecule has 0 fully saturated rings. The van der Waals surface area contributed by atoms with Crippen molar-refractivity contribution < 1.29 is 14.1 Å². The number of para-hydroxylation sites is 2. The highest BCUT2D eigenvalue weighted by molar-refractivity contribution is 6.31. The maximum Gasteiger partial charge on any atom is 0.287 e. The van der Waals surface area contributed by atoms with E-state index in [9.17, 15) is 9.59 Å². The number of ether oxygens (including phenoxy) is 1. The molecule has 4 rings (SSSR count). The van der Waals surface area contributed by atoms with Crippen LogP contribution in [0.15, 0.2) is 70.0 Å². The van der Waals surface area contributed by atoms with Crippen LogP contribution in [0.1, 0.15) is 21.8 Å². The molecule has 0 atom stereocenters. The SMILES string of the molecule is Cc1cc2nc(COc3ccccc3NC(=O)c3cccc(Cl)c3)cc(=O)n2o1. The molecule has 4 aromatic rings. The summed E-state index contributed by atoms with van der Waals surface area (Å²) in [5.74, 6) is 0.727. The summed E-state index contributed by atoms with van der Waals surface area (Å²) >= 11 is 5.95. The maximum atomic E-state index is 12.5. The summed E-state index contributed by atoms with van der Waals surface area (Å²) in [6, 6.07) is 16.7. The highest BCUT2D eigenvalue weighted by Crippen LogP contribution is 2.25. The first-order valence-electron chi connectivity index (χ1n) is 8.78. The molecule has 0 radical (unpaired) electrons. The molecule has 0 unspecified atom stereocenters. The highest BCUT2D eigenvalue weighted by Gasteiger charge is 2.12. The predicted molar refractivity (Wildman–Crippen MR) is 109 cm³/mol. The monoisotopic (exact) mass is 409 g/mol. The number of nitrogens with zero attached hydrogens (tertiary/aromatic N) is 2. The first-order chi connectivity index (χ1) is 14.0. The third kappa shape index (κ3) is 4.14. The van der Waals surface area contributed by atoms with Crippen LogP contribution in [0.2, 0.25) is 5.02 Å². The number of hydrogen-bond donors (Lipinski definition) is 1. The molecule has 0 bridgehead atoms. The van der Waals surface area contributed by atoms with Crippen molar-refractivity contribution >= 4 is 28.8 Å². The van der Waals surface area contributed by atoms with E-state index in [1.54, 1.807) is 61.5 Å². The lowest BCUT2D eigenvalue weighted by atomic mass is 10.2. The predicted octanol–water partition coefficient (Wildman–Crippen LogP) is 4.08. The van der Waals surface area contributed by atoms with Crippen LogP contribution in [0.3, 0.4) is 0 Å². The van der Waals surface area contributed by atoms with E-state index < -0.39 is 0 Å². The molecule has 0 aliphatic carbocycles. The Hall–Kier alpha value is -3.58. The molecule has 2 heterocycles. The quantitative estimate of drug-likeness (QED) is 0.536. The molecular weight excluding hydrogens is 394 g/mol. The van der Waals surface area contributed by atoms with E-state index in [2.05, 4.69) is 10.3 Å². The van der Waals surface area contributed by atoms with Crippen LogP contribution in [0.5, 0.6) is 5.75 Å². The summed E-state index contributed by atoms with van der Waals surface area (Å²) in [5.41, 5.74) is 1.46. The summed E-state index contributed by atoms with van der Waals surface area (Å²) in [6.45, 7) is 1.79. The van der Waals surface area contributed by atoms with Gasteiger partial charge in [-0.2, -0.15) is 0 Å². The fourth-order valence-electron chi connectivity index (χ4n) is 2.82. The Kier molecular flexibility index (Phi) is 5.05. The standard InChI is InChI=1S/C21H16ClN3O4/c1-13-9-19-23-16(11-20(26)25(19)29-13)12-28-18-8-3-2-7-17(18)24-21(27)14-5-4-6-15(22)10-14/h2-11H,12H2,1H3,(H,24,27). The minimum absolute atomic E-state index is 0.0556. The molecule has 146 valence electrons. The Morgan fingerprint density at radius 1 is 1.17 bits per heavy atom. The number of hydrogen-bond acceptors (Lipinski definition) is 5. The van der Waals surface area contributed by atoms with Crippen LogP contribution < -0.4 is 15.6 Å². The van der Waals surface area contributed by atoms with Crippen molar-refractivity contribution in [3.8, 4) is 5.75 Å². The number of halogens is 1. The zero-order chi connectivity index (χ0) is 20.4. The molecule has 0 saturated heterocycles. The van der Waals surface area contributed by atoms with E-state index in [-0.39, 0.29) is 18.1 Å². The molecule has 29 heavy (non-hydrogen) atoms. The molecule has 1 amide bonds. The van der Waals surface area contributed by atoms with Crippen LogP contribution in [0.4, 0.5) is 5.69 Å². The number of carbonyl (C=O) groups is 1. The summed E-state index contributed by atoms with van der Waals surface area (Å²) in [5, 5.41) is 3.29. The number of fused-ring (bicyclic) bond motifs is 1. The molecular formula is C21H16ClN3O4. The van der Waals surface area contributed by atoms with E-state index in [0.717, 1.165) is 4.57 Å². The average Bonchev–Trinajstić information content (AvgIpc) is 3.08. The Labute approximate surface area is 170 Å². The van der Waals surface area contributed by atoms with Gasteiger partial charge in [0.1, 0.15) is 18.1 Å². The van der Waals surface area contributed by atoms with Crippen molar-refractivity contribution in [2.45, 2.75) is 13.5 Å². The van der Waals surface area contributed by atoms with Crippen molar-refractivity contribution in [2.24, 2.45) is 0 Å². The summed E-state index contributed by atoms with van der Waals surface area (Å²) in [4.78, 5) is 29.0. The smallest absolute Gasteiger partial charge is 0.287 e. The largest absolute Gasteiger partial charge is 0.485 e. The molecule has 7 nitrogen and oxygen atoms in total. The Balaban J connectivity index is 1.53. The summed E-state index contributed by atoms with van der Waals surface area (Å²) in [7, 11) is 0. The number of aryl methyl sites for hydroxylation is 1. The van der Waals surface area contributed by atoms with Crippen LogP contribution >= 0.6 is 11.6 Å². The second-order valence-electron chi connectivity index (χ2n) is 6.33. The lowest BCUT2D eigenvalue weighted by Crippen LogP contribution is -2.15. The van der Waals surface area contributed by atoms with Gasteiger partial charge in [0.2, 0.25) is 0 Å². The van der Waals surface area contributed by atoms with E-state index in [4.69, 9.17) is 20.9 Å². The van der Waals surface area contributed by atoms with Gasteiger partial charge in [-0.05, 0) is 37.3 Å². The van der Waals surface area contributed by atoms with Gasteiger partial charge in [0.25, 0.3) is 11.5 Å². The van der Waals surface area contributed by atoms with Gasteiger partial charge in [0.05, 0.1) is 11.4 Å². The second-order valence-corrected chi connectivity index (χ2v) is 6.77. The van der Waals surface area contributed by atoms with Gasteiger partial charge in [-0.15, -0.1) is 4.57 Å². The molecule has 2 aromatic carbocycles. The van der Waals surface area contributed by atoms with E-state index in [1.165, 1.54) is 6.07 Å². The first kappa shape index (κ1) is 18.8. The van der Waals surface area contributed by atoms with Crippen molar-refractivity contribution in [1.29, 1.82) is 0 Å². The maximum absolute atomic E-state index is 12.5. The minimum Gasteiger partial charge on any atom is -0.485 e. The fourth-order valence-corrected chi connectivity index (χ4v) is 3.01. The first-order valence-corrected chi connectivity index (χ1v) is 9.16. The van der Waals surface area contributed by atoms with Gasteiger partial charge >= 0.3 is 0 Å². The van der Waals surface area contributed by atoms with Crippen molar-refractivity contribution in [3.63, 3.8) is 0 Å². The number of rotatable bonds is 5. The lowest BCUT2D eigenvalue weighted by Gasteiger charge is -2.12. The van der Waals surface area contributed by atoms with Gasteiger partial charge in [0, 0.05) is 22.7 Å².